The summed E-state index contributed by atoms with van der Waals surface area (Å²) in [6, 6.07) is 17.5. The van der Waals surface area contributed by atoms with Crippen LogP contribution in [-0.4, -0.2) is 48.6 Å². The second-order valence-electron chi connectivity index (χ2n) is 9.59. The van der Waals surface area contributed by atoms with Gasteiger partial charge in [0, 0.05) is 30.5 Å². The van der Waals surface area contributed by atoms with E-state index in [0.717, 1.165) is 84.9 Å². The van der Waals surface area contributed by atoms with Gasteiger partial charge in [0.2, 0.25) is 0 Å². The van der Waals surface area contributed by atoms with Crippen molar-refractivity contribution in [1.29, 1.82) is 0 Å². The second-order valence-corrected chi connectivity index (χ2v) is 9.59. The normalized spacial score (nSPS) is 15.8. The van der Waals surface area contributed by atoms with Gasteiger partial charge in [0.1, 0.15) is 0 Å². The highest BCUT2D eigenvalue weighted by molar-refractivity contribution is 5.78. The van der Waals surface area contributed by atoms with Crippen LogP contribution in [0, 0.1) is 13.8 Å². The molecule has 35 heavy (non-hydrogen) atoms. The average Bonchev–Trinajstić information content (AvgIpc) is 3.39. The van der Waals surface area contributed by atoms with Gasteiger partial charge < -0.3 is 0 Å². The van der Waals surface area contributed by atoms with Gasteiger partial charge in [-0.2, -0.15) is 5.21 Å². The average molecular weight is 468 g/mol. The zero-order valence-electron chi connectivity index (χ0n) is 20.8. The molecule has 7 heteroatoms. The standard InChI is InChI=1S/C28H33N7/c1-19-8-12-22(13-9-19)27-28(23-14-10-20(2)11-15-23)30-26-21(3)35(18-16-24(26)29-27)17-6-4-5-7-25-31-33-34-32-25/h8-15,21H,4-7,16-18H2,1-3H3,(H,31,32,33,34). The highest BCUT2D eigenvalue weighted by Gasteiger charge is 2.28. The number of fused-ring (bicyclic) bond motifs is 1. The minimum Gasteiger partial charge on any atom is -0.295 e. The molecule has 1 unspecified atom stereocenters. The van der Waals surface area contributed by atoms with E-state index in [9.17, 15) is 0 Å². The maximum absolute atomic E-state index is 5.29. The van der Waals surface area contributed by atoms with Gasteiger partial charge in [0.25, 0.3) is 0 Å². The van der Waals surface area contributed by atoms with Crippen LogP contribution in [0.2, 0.25) is 0 Å². The predicted molar refractivity (Wildman–Crippen MR) is 138 cm³/mol. The molecule has 0 amide bonds. The Morgan fingerprint density at radius 3 is 2.14 bits per heavy atom. The fourth-order valence-electron chi connectivity index (χ4n) is 4.81. The Balaban J connectivity index is 1.37. The van der Waals surface area contributed by atoms with Gasteiger partial charge in [-0.3, -0.25) is 4.90 Å². The number of H-pyrrole nitrogens is 1. The summed E-state index contributed by atoms with van der Waals surface area (Å²) >= 11 is 0. The van der Waals surface area contributed by atoms with Crippen LogP contribution >= 0.6 is 0 Å². The van der Waals surface area contributed by atoms with Gasteiger partial charge in [-0.15, -0.1) is 10.2 Å². The molecule has 0 bridgehead atoms. The molecule has 1 N–H and O–H groups in total. The molecule has 1 aliphatic rings. The van der Waals surface area contributed by atoms with Crippen LogP contribution in [0.3, 0.4) is 0 Å². The minimum absolute atomic E-state index is 0.250. The summed E-state index contributed by atoms with van der Waals surface area (Å²) in [6.45, 7) is 8.59. The summed E-state index contributed by atoms with van der Waals surface area (Å²) in [5, 5.41) is 14.2. The first-order chi connectivity index (χ1) is 17.1. The van der Waals surface area contributed by atoms with E-state index in [1.165, 1.54) is 11.1 Å². The third-order valence-electron chi connectivity index (χ3n) is 6.96. The van der Waals surface area contributed by atoms with E-state index in [1.54, 1.807) is 0 Å². The molecule has 5 rings (SSSR count). The Morgan fingerprint density at radius 1 is 0.857 bits per heavy atom. The number of benzene rings is 2. The van der Waals surface area contributed by atoms with Gasteiger partial charge in [-0.05, 0) is 40.2 Å². The number of rotatable bonds is 8. The summed E-state index contributed by atoms with van der Waals surface area (Å²) < 4.78 is 0. The maximum Gasteiger partial charge on any atom is 0.174 e. The third kappa shape index (κ3) is 5.30. The molecule has 0 radical (unpaired) electrons. The van der Waals surface area contributed by atoms with Gasteiger partial charge in [-0.1, -0.05) is 71.3 Å². The van der Waals surface area contributed by atoms with Crippen LogP contribution in [0.15, 0.2) is 48.5 Å². The first kappa shape index (κ1) is 23.3. The fraction of sp³-hybridized carbons (Fsp3) is 0.393. The Morgan fingerprint density at radius 2 is 1.51 bits per heavy atom. The number of aromatic nitrogens is 6. The molecule has 180 valence electrons. The van der Waals surface area contributed by atoms with Crippen molar-refractivity contribution < 1.29 is 0 Å². The summed E-state index contributed by atoms with van der Waals surface area (Å²) in [7, 11) is 0. The van der Waals surface area contributed by atoms with Gasteiger partial charge in [-0.25, -0.2) is 9.97 Å². The predicted octanol–water partition coefficient (Wildman–Crippen LogP) is 5.27. The number of nitrogens with one attached hydrogen (secondary N) is 1. The molecular formula is C28H33N7. The van der Waals surface area contributed by atoms with Crippen molar-refractivity contribution in [2.75, 3.05) is 13.1 Å². The maximum atomic E-state index is 5.29. The molecule has 0 aliphatic carbocycles. The van der Waals surface area contributed by atoms with Crippen molar-refractivity contribution in [1.82, 2.24) is 35.5 Å². The summed E-state index contributed by atoms with van der Waals surface area (Å²) in [6.07, 6.45) is 5.19. The molecule has 7 nitrogen and oxygen atoms in total. The van der Waals surface area contributed by atoms with E-state index >= 15 is 0 Å². The van der Waals surface area contributed by atoms with Crippen LogP contribution in [0.25, 0.3) is 22.5 Å². The van der Waals surface area contributed by atoms with Crippen molar-refractivity contribution in [2.45, 2.75) is 58.9 Å². The monoisotopic (exact) mass is 467 g/mol. The lowest BCUT2D eigenvalue weighted by molar-refractivity contribution is 0.188. The van der Waals surface area contributed by atoms with Gasteiger partial charge in [0.15, 0.2) is 5.82 Å². The van der Waals surface area contributed by atoms with E-state index < -0.39 is 0 Å². The smallest absolute Gasteiger partial charge is 0.174 e. The van der Waals surface area contributed by atoms with Gasteiger partial charge >= 0.3 is 0 Å². The second kappa shape index (κ2) is 10.4. The Bertz CT molecular complexity index is 1250. The van der Waals surface area contributed by atoms with E-state index in [4.69, 9.17) is 9.97 Å². The van der Waals surface area contributed by atoms with E-state index in [1.807, 2.05) is 0 Å². The SMILES string of the molecule is Cc1ccc(-c2nc3c(nc2-c2ccc(C)cc2)C(C)N(CCCCCc2nn[nH]n2)CC3)cc1. The molecule has 0 fully saturated rings. The number of hydrogen-bond acceptors (Lipinski definition) is 6. The van der Waals surface area contributed by atoms with Crippen LogP contribution in [-0.2, 0) is 12.8 Å². The van der Waals surface area contributed by atoms with E-state index in [2.05, 4.69) is 94.8 Å². The molecule has 0 spiro atoms. The van der Waals surface area contributed by atoms with Crippen molar-refractivity contribution >= 4 is 0 Å². The first-order valence-electron chi connectivity index (χ1n) is 12.6. The lowest BCUT2D eigenvalue weighted by Gasteiger charge is -2.34. The Labute approximate surface area is 207 Å². The summed E-state index contributed by atoms with van der Waals surface area (Å²) in [5.41, 5.74) is 8.95. The number of aryl methyl sites for hydroxylation is 3. The number of tetrazole rings is 1. The number of aromatic amines is 1. The van der Waals surface area contributed by atoms with E-state index in [0.29, 0.717) is 0 Å². The van der Waals surface area contributed by atoms with Crippen molar-refractivity contribution in [3.05, 3.63) is 76.9 Å². The molecule has 1 aliphatic heterocycles. The topological polar surface area (TPSA) is 83.5 Å². The number of nitrogens with zero attached hydrogens (tertiary/aromatic N) is 6. The van der Waals surface area contributed by atoms with Crippen molar-refractivity contribution in [2.24, 2.45) is 0 Å². The quantitative estimate of drug-likeness (QED) is 0.355. The number of hydrogen-bond donors (Lipinski definition) is 1. The fourth-order valence-corrected chi connectivity index (χ4v) is 4.81. The molecule has 2 aromatic carbocycles. The largest absolute Gasteiger partial charge is 0.295 e. The highest BCUT2D eigenvalue weighted by atomic mass is 15.5. The molecule has 2 aromatic heterocycles. The van der Waals surface area contributed by atoms with Crippen molar-refractivity contribution in [3.63, 3.8) is 0 Å². The molecule has 4 aromatic rings. The van der Waals surface area contributed by atoms with E-state index in [-0.39, 0.29) is 6.04 Å². The zero-order valence-corrected chi connectivity index (χ0v) is 20.8. The van der Waals surface area contributed by atoms with Crippen LogP contribution in [0.5, 0.6) is 0 Å². The Kier molecular flexibility index (Phi) is 6.95. The van der Waals surface area contributed by atoms with Crippen LogP contribution in [0.4, 0.5) is 0 Å². The van der Waals surface area contributed by atoms with Crippen molar-refractivity contribution in [3.8, 4) is 22.5 Å². The molecule has 1 atom stereocenters. The van der Waals surface area contributed by atoms with Gasteiger partial charge in [0.05, 0.1) is 28.8 Å². The first-order valence-corrected chi connectivity index (χ1v) is 12.6. The van der Waals surface area contributed by atoms with Crippen LogP contribution in [0.1, 0.15) is 60.6 Å². The lowest BCUT2D eigenvalue weighted by atomic mass is 9.98. The lowest BCUT2D eigenvalue weighted by Crippen LogP contribution is -2.36. The molecular weight excluding hydrogens is 434 g/mol. The molecule has 0 saturated carbocycles. The molecule has 3 heterocycles. The third-order valence-corrected chi connectivity index (χ3v) is 6.96. The number of unbranched alkanes of at least 4 members (excludes halogenated alkanes) is 2. The summed E-state index contributed by atoms with van der Waals surface area (Å²) in [5.74, 6) is 0.800. The zero-order chi connectivity index (χ0) is 24.2. The highest BCUT2D eigenvalue weighted by Crippen LogP contribution is 2.35. The minimum atomic E-state index is 0.250. The van der Waals surface area contributed by atoms with Crippen LogP contribution < -0.4 is 0 Å². The Hall–Kier alpha value is -3.45. The summed E-state index contributed by atoms with van der Waals surface area (Å²) in [4.78, 5) is 13.1. The molecule has 0 saturated heterocycles.